The van der Waals surface area contributed by atoms with E-state index in [2.05, 4.69) is 4.90 Å². The zero-order valence-electron chi connectivity index (χ0n) is 10.5. The summed E-state index contributed by atoms with van der Waals surface area (Å²) in [4.78, 5) is 2.73. The molecule has 1 aromatic rings. The summed E-state index contributed by atoms with van der Waals surface area (Å²) in [5.41, 5.74) is 7.64. The zero-order valence-corrected chi connectivity index (χ0v) is 11.3. The lowest BCUT2D eigenvalue weighted by Crippen LogP contribution is -2.35. The van der Waals surface area contributed by atoms with E-state index in [9.17, 15) is 0 Å². The van der Waals surface area contributed by atoms with Crippen molar-refractivity contribution < 1.29 is 9.47 Å². The van der Waals surface area contributed by atoms with E-state index in [-0.39, 0.29) is 0 Å². The summed E-state index contributed by atoms with van der Waals surface area (Å²) in [6.07, 6.45) is 0. The van der Waals surface area contributed by atoms with Crippen LogP contribution in [-0.2, 0) is 11.3 Å². The second-order valence-electron chi connectivity index (χ2n) is 4.29. The van der Waals surface area contributed by atoms with Crippen LogP contribution in [0.5, 0.6) is 5.75 Å². The van der Waals surface area contributed by atoms with Gasteiger partial charge in [-0.3, -0.25) is 4.90 Å². The summed E-state index contributed by atoms with van der Waals surface area (Å²) in [6.45, 7) is 4.46. The van der Waals surface area contributed by atoms with E-state index in [1.165, 1.54) is 5.56 Å². The van der Waals surface area contributed by atoms with Crippen molar-refractivity contribution in [2.24, 2.45) is 5.73 Å². The van der Waals surface area contributed by atoms with E-state index in [0.29, 0.717) is 4.99 Å². The topological polar surface area (TPSA) is 47.7 Å². The number of benzene rings is 1. The Hall–Kier alpha value is -1.17. The monoisotopic (exact) mass is 266 g/mol. The maximum Gasteiger partial charge on any atom is 0.129 e. The molecule has 4 nitrogen and oxygen atoms in total. The number of rotatable bonds is 4. The minimum Gasteiger partial charge on any atom is -0.496 e. The average molecular weight is 266 g/mol. The SMILES string of the molecule is COc1cc(CN2CCOCC2)ccc1C(N)=S. The van der Waals surface area contributed by atoms with Gasteiger partial charge >= 0.3 is 0 Å². The van der Waals surface area contributed by atoms with Gasteiger partial charge in [0, 0.05) is 19.6 Å². The van der Waals surface area contributed by atoms with Crippen LogP contribution in [0.3, 0.4) is 0 Å². The van der Waals surface area contributed by atoms with E-state index >= 15 is 0 Å². The summed E-state index contributed by atoms with van der Waals surface area (Å²) in [7, 11) is 1.63. The fraction of sp³-hybridized carbons (Fsp3) is 0.462. The Kier molecular flexibility index (Phi) is 4.52. The van der Waals surface area contributed by atoms with E-state index in [1.807, 2.05) is 18.2 Å². The van der Waals surface area contributed by atoms with E-state index in [1.54, 1.807) is 7.11 Å². The van der Waals surface area contributed by atoms with Crippen LogP contribution in [0.2, 0.25) is 0 Å². The third kappa shape index (κ3) is 3.19. The van der Waals surface area contributed by atoms with Crippen LogP contribution in [-0.4, -0.2) is 43.3 Å². The summed E-state index contributed by atoms with van der Waals surface area (Å²) in [5.74, 6) is 0.744. The summed E-state index contributed by atoms with van der Waals surface area (Å²) >= 11 is 4.99. The van der Waals surface area contributed by atoms with Crippen LogP contribution in [0.15, 0.2) is 18.2 Å². The van der Waals surface area contributed by atoms with Gasteiger partial charge in [0.25, 0.3) is 0 Å². The predicted molar refractivity (Wildman–Crippen MR) is 75.0 cm³/mol. The highest BCUT2D eigenvalue weighted by Gasteiger charge is 2.12. The first-order valence-electron chi connectivity index (χ1n) is 5.97. The van der Waals surface area contributed by atoms with Gasteiger partial charge in [0.2, 0.25) is 0 Å². The number of methoxy groups -OCH3 is 1. The first-order chi connectivity index (χ1) is 8.70. The van der Waals surface area contributed by atoms with Gasteiger partial charge in [0.1, 0.15) is 10.7 Å². The van der Waals surface area contributed by atoms with Gasteiger partial charge in [0.05, 0.1) is 25.9 Å². The summed E-state index contributed by atoms with van der Waals surface area (Å²) < 4.78 is 10.7. The van der Waals surface area contributed by atoms with Crippen molar-refractivity contribution in [3.8, 4) is 5.75 Å². The Bertz CT molecular complexity index is 431. The van der Waals surface area contributed by atoms with Crippen molar-refractivity contribution in [2.45, 2.75) is 6.54 Å². The Labute approximate surface area is 113 Å². The highest BCUT2D eigenvalue weighted by Crippen LogP contribution is 2.21. The van der Waals surface area contributed by atoms with Crippen molar-refractivity contribution in [1.82, 2.24) is 4.90 Å². The molecule has 0 unspecified atom stereocenters. The molecule has 2 rings (SSSR count). The Morgan fingerprint density at radius 3 is 2.78 bits per heavy atom. The molecule has 0 aromatic heterocycles. The van der Waals surface area contributed by atoms with Crippen LogP contribution in [0, 0.1) is 0 Å². The van der Waals surface area contributed by atoms with Gasteiger partial charge in [-0.15, -0.1) is 0 Å². The smallest absolute Gasteiger partial charge is 0.129 e. The summed E-state index contributed by atoms with van der Waals surface area (Å²) in [6, 6.07) is 5.98. The molecular weight excluding hydrogens is 248 g/mol. The quantitative estimate of drug-likeness (QED) is 0.829. The number of thiocarbonyl (C=S) groups is 1. The van der Waals surface area contributed by atoms with Gasteiger partial charge in [-0.25, -0.2) is 0 Å². The molecule has 0 bridgehead atoms. The molecule has 1 aromatic carbocycles. The van der Waals surface area contributed by atoms with Gasteiger partial charge in [-0.1, -0.05) is 18.3 Å². The van der Waals surface area contributed by atoms with Crippen molar-refractivity contribution in [2.75, 3.05) is 33.4 Å². The molecule has 0 radical (unpaired) electrons. The first kappa shape index (κ1) is 13.3. The molecule has 1 fully saturated rings. The van der Waals surface area contributed by atoms with Crippen LogP contribution in [0.25, 0.3) is 0 Å². The molecular formula is C13H18N2O2S. The molecule has 0 atom stereocenters. The number of morpholine rings is 1. The third-order valence-corrected chi connectivity index (χ3v) is 3.26. The number of nitrogens with two attached hydrogens (primary N) is 1. The molecule has 0 spiro atoms. The Morgan fingerprint density at radius 1 is 1.44 bits per heavy atom. The molecule has 1 aliphatic heterocycles. The van der Waals surface area contributed by atoms with Crippen LogP contribution in [0.1, 0.15) is 11.1 Å². The Morgan fingerprint density at radius 2 is 2.17 bits per heavy atom. The van der Waals surface area contributed by atoms with E-state index in [4.69, 9.17) is 27.4 Å². The number of hydrogen-bond acceptors (Lipinski definition) is 4. The minimum atomic E-state index is 0.366. The Balaban J connectivity index is 2.11. The predicted octanol–water partition coefficient (Wildman–Crippen LogP) is 1.16. The van der Waals surface area contributed by atoms with Crippen molar-refractivity contribution >= 4 is 17.2 Å². The second kappa shape index (κ2) is 6.13. The van der Waals surface area contributed by atoms with Crippen molar-refractivity contribution in [3.63, 3.8) is 0 Å². The molecule has 1 aliphatic rings. The van der Waals surface area contributed by atoms with Gasteiger partial charge in [-0.05, 0) is 17.7 Å². The molecule has 1 saturated heterocycles. The molecule has 2 N–H and O–H groups in total. The molecule has 0 aliphatic carbocycles. The maximum atomic E-state index is 5.65. The first-order valence-corrected chi connectivity index (χ1v) is 6.38. The van der Waals surface area contributed by atoms with Crippen LogP contribution in [0.4, 0.5) is 0 Å². The number of hydrogen-bond donors (Lipinski definition) is 1. The fourth-order valence-corrected chi connectivity index (χ4v) is 2.22. The highest BCUT2D eigenvalue weighted by atomic mass is 32.1. The third-order valence-electron chi connectivity index (χ3n) is 3.04. The number of ether oxygens (including phenoxy) is 2. The van der Waals surface area contributed by atoms with Crippen molar-refractivity contribution in [3.05, 3.63) is 29.3 Å². The van der Waals surface area contributed by atoms with Crippen LogP contribution >= 0.6 is 12.2 Å². The van der Waals surface area contributed by atoms with Gasteiger partial charge in [-0.2, -0.15) is 0 Å². The van der Waals surface area contributed by atoms with E-state index in [0.717, 1.165) is 44.2 Å². The van der Waals surface area contributed by atoms with E-state index < -0.39 is 0 Å². The zero-order chi connectivity index (χ0) is 13.0. The normalized spacial score (nSPS) is 16.5. The average Bonchev–Trinajstić information content (AvgIpc) is 2.39. The molecule has 0 amide bonds. The largest absolute Gasteiger partial charge is 0.496 e. The molecule has 0 saturated carbocycles. The lowest BCUT2D eigenvalue weighted by Gasteiger charge is -2.26. The molecule has 5 heteroatoms. The molecule has 1 heterocycles. The van der Waals surface area contributed by atoms with Crippen molar-refractivity contribution in [1.29, 1.82) is 0 Å². The second-order valence-corrected chi connectivity index (χ2v) is 4.73. The fourth-order valence-electron chi connectivity index (χ4n) is 2.06. The lowest BCUT2D eigenvalue weighted by atomic mass is 10.1. The summed E-state index contributed by atoms with van der Waals surface area (Å²) in [5, 5.41) is 0. The minimum absolute atomic E-state index is 0.366. The van der Waals surface area contributed by atoms with Crippen LogP contribution < -0.4 is 10.5 Å². The van der Waals surface area contributed by atoms with Gasteiger partial charge in [0.15, 0.2) is 0 Å². The highest BCUT2D eigenvalue weighted by molar-refractivity contribution is 7.80. The number of nitrogens with zero attached hydrogens (tertiary/aromatic N) is 1. The maximum absolute atomic E-state index is 5.65. The molecule has 98 valence electrons. The standard InChI is InChI=1S/C13H18N2O2S/c1-16-12-8-10(2-3-11(12)13(14)18)9-15-4-6-17-7-5-15/h2-3,8H,4-7,9H2,1H3,(H2,14,18). The van der Waals surface area contributed by atoms with Gasteiger partial charge < -0.3 is 15.2 Å². The molecule has 18 heavy (non-hydrogen) atoms. The lowest BCUT2D eigenvalue weighted by molar-refractivity contribution is 0.0341.